The first-order valence-corrected chi connectivity index (χ1v) is 10.8. The fraction of sp³-hybridized carbons (Fsp3) is 0.238. The van der Waals surface area contributed by atoms with Crippen LogP contribution in [0.1, 0.15) is 28.4 Å². The number of benzene rings is 2. The van der Waals surface area contributed by atoms with E-state index in [0.29, 0.717) is 23.2 Å². The van der Waals surface area contributed by atoms with Crippen LogP contribution >= 0.6 is 0 Å². The summed E-state index contributed by atoms with van der Waals surface area (Å²) < 4.78 is 43.3. The van der Waals surface area contributed by atoms with Gasteiger partial charge in [-0.05, 0) is 60.9 Å². The molecule has 0 bridgehead atoms. The third kappa shape index (κ3) is 4.89. The molecule has 2 aromatic carbocycles. The Bertz CT molecular complexity index is 1090. The molecule has 8 heteroatoms. The van der Waals surface area contributed by atoms with E-state index in [9.17, 15) is 22.4 Å². The molecule has 0 amide bonds. The summed E-state index contributed by atoms with van der Waals surface area (Å²) in [5.74, 6) is -1.54. The zero-order valence-electron chi connectivity index (χ0n) is 16.0. The topological polar surface area (TPSA) is 80.8 Å². The van der Waals surface area contributed by atoms with Gasteiger partial charge in [-0.3, -0.25) is 9.10 Å². The van der Waals surface area contributed by atoms with Crippen molar-refractivity contribution >= 4 is 33.5 Å². The van der Waals surface area contributed by atoms with E-state index in [-0.39, 0.29) is 6.04 Å². The maximum atomic E-state index is 13.1. The highest BCUT2D eigenvalue weighted by Crippen LogP contribution is 2.34. The molecule has 0 aliphatic carbocycles. The van der Waals surface area contributed by atoms with Gasteiger partial charge in [-0.15, -0.1) is 0 Å². The molecular formula is C21H20FNO5S. The number of hydrogen-bond donors (Lipinski definition) is 0. The molecule has 0 fully saturated rings. The number of hydrogen-bond acceptors (Lipinski definition) is 5. The van der Waals surface area contributed by atoms with Crippen LogP contribution < -0.4 is 4.31 Å². The van der Waals surface area contributed by atoms with Crippen molar-refractivity contribution < 1.29 is 27.1 Å². The molecule has 1 aliphatic rings. The molecule has 1 heterocycles. The fourth-order valence-corrected chi connectivity index (χ4v) is 4.59. The van der Waals surface area contributed by atoms with Crippen molar-refractivity contribution in [2.45, 2.75) is 19.4 Å². The summed E-state index contributed by atoms with van der Waals surface area (Å²) >= 11 is 0. The third-order valence-electron chi connectivity index (χ3n) is 4.52. The molecule has 0 N–H and O–H groups in total. The molecular weight excluding hydrogens is 397 g/mol. The Morgan fingerprint density at radius 1 is 1.24 bits per heavy atom. The highest BCUT2D eigenvalue weighted by atomic mass is 32.2. The van der Waals surface area contributed by atoms with Crippen molar-refractivity contribution in [2.75, 3.05) is 17.2 Å². The van der Waals surface area contributed by atoms with Gasteiger partial charge >= 0.3 is 5.97 Å². The van der Waals surface area contributed by atoms with Gasteiger partial charge in [0.2, 0.25) is 10.0 Å². The van der Waals surface area contributed by atoms with Crippen molar-refractivity contribution in [3.8, 4) is 0 Å². The summed E-state index contributed by atoms with van der Waals surface area (Å²) in [7, 11) is -3.40. The van der Waals surface area contributed by atoms with Crippen molar-refractivity contribution in [3.05, 3.63) is 71.0 Å². The first-order valence-electron chi connectivity index (χ1n) is 8.91. The normalized spacial score (nSPS) is 16.1. The minimum atomic E-state index is -3.40. The Kier molecular flexibility index (Phi) is 5.83. The fourth-order valence-electron chi connectivity index (χ4n) is 3.32. The number of Topliss-reactive ketones (excluding diaryl/α,β-unsaturated/α-hetero) is 1. The monoisotopic (exact) mass is 417 g/mol. The van der Waals surface area contributed by atoms with Gasteiger partial charge in [0.25, 0.3) is 0 Å². The molecule has 0 aromatic heterocycles. The molecule has 29 heavy (non-hydrogen) atoms. The van der Waals surface area contributed by atoms with Gasteiger partial charge in [0, 0.05) is 17.7 Å². The number of carbonyl (C=O) groups excluding carboxylic acids is 2. The molecule has 0 unspecified atom stereocenters. The standard InChI is InChI=1S/C21H20FNO5S/c1-14-10-17-12-16(7-8-19(17)23(14)29(2,26)27)20(24)13-28-21(25)9-6-15-4-3-5-18(22)11-15/h3-9,11-12,14H,10,13H2,1-2H3/b9-6+/t14-/m1/s1. The van der Waals surface area contributed by atoms with Gasteiger partial charge in [-0.25, -0.2) is 17.6 Å². The smallest absolute Gasteiger partial charge is 0.331 e. The first-order chi connectivity index (χ1) is 13.6. The van der Waals surface area contributed by atoms with Crippen LogP contribution in [0.5, 0.6) is 0 Å². The van der Waals surface area contributed by atoms with Crippen LogP contribution in [0.3, 0.4) is 0 Å². The quantitative estimate of drug-likeness (QED) is 0.410. The first kappa shape index (κ1) is 20.7. The number of rotatable bonds is 6. The zero-order valence-corrected chi connectivity index (χ0v) is 16.8. The third-order valence-corrected chi connectivity index (χ3v) is 5.79. The number of anilines is 1. The van der Waals surface area contributed by atoms with Crippen molar-refractivity contribution in [1.29, 1.82) is 0 Å². The predicted molar refractivity (Wildman–Crippen MR) is 108 cm³/mol. The van der Waals surface area contributed by atoms with Crippen molar-refractivity contribution in [2.24, 2.45) is 0 Å². The van der Waals surface area contributed by atoms with Gasteiger partial charge in [0.15, 0.2) is 12.4 Å². The van der Waals surface area contributed by atoms with E-state index >= 15 is 0 Å². The molecule has 0 spiro atoms. The maximum absolute atomic E-state index is 13.1. The van der Waals surface area contributed by atoms with Crippen LogP contribution in [0.25, 0.3) is 6.08 Å². The van der Waals surface area contributed by atoms with E-state index in [0.717, 1.165) is 17.9 Å². The Hall–Kier alpha value is -3.00. The second-order valence-corrected chi connectivity index (χ2v) is 8.73. The lowest BCUT2D eigenvalue weighted by molar-refractivity contribution is -0.136. The van der Waals surface area contributed by atoms with E-state index < -0.39 is 34.2 Å². The molecule has 1 atom stereocenters. The van der Waals surface area contributed by atoms with E-state index in [2.05, 4.69) is 0 Å². The van der Waals surface area contributed by atoms with E-state index in [1.807, 2.05) is 0 Å². The average molecular weight is 417 g/mol. The summed E-state index contributed by atoms with van der Waals surface area (Å²) in [5, 5.41) is 0. The number of fused-ring (bicyclic) bond motifs is 1. The summed E-state index contributed by atoms with van der Waals surface area (Å²) in [6.07, 6.45) is 4.16. The second-order valence-electron chi connectivity index (χ2n) is 6.87. The number of nitrogens with zero attached hydrogens (tertiary/aromatic N) is 1. The average Bonchev–Trinajstić information content (AvgIpc) is 2.99. The van der Waals surface area contributed by atoms with Crippen LogP contribution in [0, 0.1) is 5.82 Å². The van der Waals surface area contributed by atoms with E-state index in [4.69, 9.17) is 4.74 Å². The van der Waals surface area contributed by atoms with Crippen LogP contribution in [0.2, 0.25) is 0 Å². The van der Waals surface area contributed by atoms with E-state index in [1.165, 1.54) is 34.6 Å². The van der Waals surface area contributed by atoms with Gasteiger partial charge < -0.3 is 4.74 Å². The molecule has 0 saturated heterocycles. The Labute approximate surface area is 168 Å². The highest BCUT2D eigenvalue weighted by molar-refractivity contribution is 7.92. The molecule has 152 valence electrons. The number of carbonyl (C=O) groups is 2. The number of sulfonamides is 1. The summed E-state index contributed by atoms with van der Waals surface area (Å²) in [5.41, 5.74) is 2.15. The Morgan fingerprint density at radius 2 is 2.00 bits per heavy atom. The number of ether oxygens (including phenoxy) is 1. The molecule has 6 nitrogen and oxygen atoms in total. The molecule has 0 radical (unpaired) electrons. The van der Waals surface area contributed by atoms with Crippen LogP contribution in [0.15, 0.2) is 48.5 Å². The molecule has 2 aromatic rings. The number of halogens is 1. The van der Waals surface area contributed by atoms with Gasteiger partial charge in [0.1, 0.15) is 5.82 Å². The summed E-state index contributed by atoms with van der Waals surface area (Å²) in [6, 6.07) is 10.2. The lowest BCUT2D eigenvalue weighted by atomic mass is 10.0. The van der Waals surface area contributed by atoms with Crippen LogP contribution in [-0.2, 0) is 26.0 Å². The Morgan fingerprint density at radius 3 is 2.69 bits per heavy atom. The van der Waals surface area contributed by atoms with Gasteiger partial charge in [-0.2, -0.15) is 0 Å². The molecule has 0 saturated carbocycles. The second kappa shape index (κ2) is 8.16. The van der Waals surface area contributed by atoms with Crippen molar-refractivity contribution in [3.63, 3.8) is 0 Å². The number of esters is 1. The van der Waals surface area contributed by atoms with Gasteiger partial charge in [-0.1, -0.05) is 12.1 Å². The van der Waals surface area contributed by atoms with Gasteiger partial charge in [0.05, 0.1) is 11.9 Å². The lowest BCUT2D eigenvalue weighted by Crippen LogP contribution is -2.34. The zero-order chi connectivity index (χ0) is 21.2. The molecule has 3 rings (SSSR count). The highest BCUT2D eigenvalue weighted by Gasteiger charge is 2.32. The van der Waals surface area contributed by atoms with Crippen molar-refractivity contribution in [1.82, 2.24) is 0 Å². The largest absolute Gasteiger partial charge is 0.454 e. The predicted octanol–water partition coefficient (Wildman–Crippen LogP) is 2.98. The summed E-state index contributed by atoms with van der Waals surface area (Å²) in [4.78, 5) is 24.1. The maximum Gasteiger partial charge on any atom is 0.331 e. The summed E-state index contributed by atoms with van der Waals surface area (Å²) in [6.45, 7) is 1.35. The minimum absolute atomic E-state index is 0.226. The Balaban J connectivity index is 1.63. The minimum Gasteiger partial charge on any atom is -0.454 e. The number of ketones is 1. The van der Waals surface area contributed by atoms with Crippen LogP contribution in [-0.4, -0.2) is 39.1 Å². The SMILES string of the molecule is C[C@@H]1Cc2cc(C(=O)COC(=O)/C=C/c3cccc(F)c3)ccc2N1S(C)(=O)=O. The lowest BCUT2D eigenvalue weighted by Gasteiger charge is -2.21. The van der Waals surface area contributed by atoms with E-state index in [1.54, 1.807) is 25.1 Å². The van der Waals surface area contributed by atoms with Crippen LogP contribution in [0.4, 0.5) is 10.1 Å². The molecule has 1 aliphatic heterocycles.